The molecule has 0 aliphatic carbocycles. The lowest BCUT2D eigenvalue weighted by molar-refractivity contribution is -0.561. The maximum atomic E-state index is 5.38. The van der Waals surface area contributed by atoms with Crippen molar-refractivity contribution >= 4 is 6.01 Å². The van der Waals surface area contributed by atoms with E-state index in [0.29, 0.717) is 6.54 Å². The predicted octanol–water partition coefficient (Wildman–Crippen LogP) is -0.576. The molecule has 0 aromatic rings. The summed E-state index contributed by atoms with van der Waals surface area (Å²) in [7, 11) is 3.92. The van der Waals surface area contributed by atoms with Crippen LogP contribution in [0.1, 0.15) is 6.92 Å². The van der Waals surface area contributed by atoms with Gasteiger partial charge in [-0.15, -0.1) is 9.15 Å². The van der Waals surface area contributed by atoms with Crippen LogP contribution in [-0.4, -0.2) is 48.9 Å². The van der Waals surface area contributed by atoms with E-state index >= 15 is 0 Å². The standard InChI is InChI=1S/C7H17N3/c1-4-10(6-5-8)7-9(2)3/h4-6,8H2,1-3H3/q+2. The summed E-state index contributed by atoms with van der Waals surface area (Å²) in [5.74, 6) is 0. The van der Waals surface area contributed by atoms with Crippen LogP contribution in [-0.2, 0) is 0 Å². The van der Waals surface area contributed by atoms with E-state index in [1.54, 1.807) is 0 Å². The third-order valence-corrected chi connectivity index (χ3v) is 1.12. The third-order valence-electron chi connectivity index (χ3n) is 1.12. The molecule has 0 aromatic heterocycles. The molecule has 0 atom stereocenters. The highest BCUT2D eigenvalue weighted by atomic mass is 15.1. The molecule has 0 heterocycles. The molecule has 0 saturated carbocycles. The molecule has 3 nitrogen and oxygen atoms in total. The van der Waals surface area contributed by atoms with E-state index in [-0.39, 0.29) is 0 Å². The number of nitrogens with zero attached hydrogens (tertiary/aromatic N) is 2. The molecule has 0 unspecified atom stereocenters. The summed E-state index contributed by atoms with van der Waals surface area (Å²) in [5, 5.41) is 0. The van der Waals surface area contributed by atoms with Gasteiger partial charge in [0.15, 0.2) is 13.1 Å². The fraction of sp³-hybridized carbons (Fsp3) is 0.857. The van der Waals surface area contributed by atoms with Crippen molar-refractivity contribution in [2.24, 2.45) is 5.73 Å². The first-order valence-electron chi connectivity index (χ1n) is 3.59. The molecule has 0 spiro atoms. The second-order valence-electron chi connectivity index (χ2n) is 2.36. The summed E-state index contributed by atoms with van der Waals surface area (Å²) in [6, 6.07) is 3.12. The van der Waals surface area contributed by atoms with Gasteiger partial charge >= 0.3 is 6.01 Å². The van der Waals surface area contributed by atoms with E-state index in [1.807, 2.05) is 18.7 Å². The topological polar surface area (TPSA) is 32.0 Å². The summed E-state index contributed by atoms with van der Waals surface area (Å²) >= 11 is 0. The van der Waals surface area contributed by atoms with Crippen molar-refractivity contribution in [1.29, 1.82) is 0 Å². The normalized spacial score (nSPS) is 8.80. The highest BCUT2D eigenvalue weighted by Gasteiger charge is 1.99. The van der Waals surface area contributed by atoms with Gasteiger partial charge in [-0.1, -0.05) is 0 Å². The number of rotatable bonds is 3. The van der Waals surface area contributed by atoms with Crippen molar-refractivity contribution in [3.8, 4) is 0 Å². The van der Waals surface area contributed by atoms with Gasteiger partial charge in [0.25, 0.3) is 0 Å². The molecule has 0 radical (unpaired) electrons. The average Bonchev–Trinajstić information content (AvgIpc) is 1.86. The minimum atomic E-state index is 0.689. The summed E-state index contributed by atoms with van der Waals surface area (Å²) in [6.07, 6.45) is 0. The van der Waals surface area contributed by atoms with Crippen LogP contribution in [0.15, 0.2) is 0 Å². The Morgan fingerprint density at radius 2 is 2.00 bits per heavy atom. The summed E-state index contributed by atoms with van der Waals surface area (Å²) in [4.78, 5) is 0. The zero-order valence-electron chi connectivity index (χ0n) is 7.09. The Kier molecular flexibility index (Phi) is 4.81. The predicted molar refractivity (Wildman–Crippen MR) is 41.8 cm³/mol. The summed E-state index contributed by atoms with van der Waals surface area (Å²) in [6.45, 7) is 4.63. The quantitative estimate of drug-likeness (QED) is 0.416. The first-order valence-corrected chi connectivity index (χ1v) is 3.59. The minimum absolute atomic E-state index is 0.689. The van der Waals surface area contributed by atoms with Crippen LogP contribution in [0.3, 0.4) is 0 Å². The number of likely N-dealkylation sites (N-methyl/N-ethyl adjacent to an activating group) is 1. The van der Waals surface area contributed by atoms with Crippen molar-refractivity contribution in [1.82, 2.24) is 0 Å². The fourth-order valence-corrected chi connectivity index (χ4v) is 0.718. The Morgan fingerprint density at radius 3 is 2.30 bits per heavy atom. The number of hydrogen-bond acceptors (Lipinski definition) is 1. The molecule has 0 saturated heterocycles. The van der Waals surface area contributed by atoms with Crippen LogP contribution in [0.2, 0.25) is 0 Å². The maximum absolute atomic E-state index is 5.38. The molecular weight excluding hydrogens is 126 g/mol. The van der Waals surface area contributed by atoms with Gasteiger partial charge in [0.2, 0.25) is 0 Å². The van der Waals surface area contributed by atoms with E-state index < -0.39 is 0 Å². The zero-order chi connectivity index (χ0) is 7.98. The lowest BCUT2D eigenvalue weighted by atomic mass is 10.6. The molecule has 0 bridgehead atoms. The van der Waals surface area contributed by atoms with Crippen molar-refractivity contribution in [3.05, 3.63) is 0 Å². The van der Waals surface area contributed by atoms with Gasteiger partial charge in [0.1, 0.15) is 14.1 Å². The van der Waals surface area contributed by atoms with Crippen molar-refractivity contribution in [2.45, 2.75) is 6.92 Å². The van der Waals surface area contributed by atoms with Crippen molar-refractivity contribution in [3.63, 3.8) is 0 Å². The molecule has 3 heteroatoms. The average molecular weight is 143 g/mol. The molecule has 2 N–H and O–H groups in total. The van der Waals surface area contributed by atoms with Crippen LogP contribution in [0.4, 0.5) is 0 Å². The lowest BCUT2D eigenvalue weighted by Gasteiger charge is -1.88. The highest BCUT2D eigenvalue weighted by molar-refractivity contribution is 5.25. The second-order valence-corrected chi connectivity index (χ2v) is 2.36. The Balaban J connectivity index is 4.18. The van der Waals surface area contributed by atoms with E-state index in [1.165, 1.54) is 0 Å². The van der Waals surface area contributed by atoms with Crippen LogP contribution in [0.25, 0.3) is 0 Å². The molecular formula is C7H17N3+2. The van der Waals surface area contributed by atoms with Gasteiger partial charge in [-0.2, -0.15) is 0 Å². The van der Waals surface area contributed by atoms with Crippen LogP contribution in [0, 0.1) is 0 Å². The fourth-order valence-electron chi connectivity index (χ4n) is 0.718. The Hall–Kier alpha value is -0.660. The maximum Gasteiger partial charge on any atom is 0.476 e. The number of hydrogen-bond donors (Lipinski definition) is 1. The lowest BCUT2D eigenvalue weighted by Crippen LogP contribution is -2.21. The molecule has 0 rings (SSSR count). The monoisotopic (exact) mass is 143 g/mol. The van der Waals surface area contributed by atoms with E-state index in [9.17, 15) is 0 Å². The Labute approximate surface area is 62.5 Å². The van der Waals surface area contributed by atoms with Gasteiger partial charge in [-0.3, -0.25) is 0 Å². The van der Waals surface area contributed by atoms with Crippen LogP contribution < -0.4 is 5.73 Å². The second kappa shape index (κ2) is 5.15. The van der Waals surface area contributed by atoms with Gasteiger partial charge in [-0.25, -0.2) is 0 Å². The Morgan fingerprint density at radius 1 is 1.40 bits per heavy atom. The molecule has 10 heavy (non-hydrogen) atoms. The number of nitrogens with two attached hydrogens (primary N) is 1. The van der Waals surface area contributed by atoms with E-state index in [0.717, 1.165) is 13.1 Å². The van der Waals surface area contributed by atoms with Gasteiger partial charge < -0.3 is 5.73 Å². The van der Waals surface area contributed by atoms with Gasteiger partial charge in [0.05, 0.1) is 6.54 Å². The highest BCUT2D eigenvalue weighted by Crippen LogP contribution is 1.67. The Bertz CT molecular complexity index is 150. The first-order chi connectivity index (χ1) is 4.70. The molecule has 0 amide bonds. The molecule has 0 aliphatic heterocycles. The van der Waals surface area contributed by atoms with Gasteiger partial charge in [0, 0.05) is 0 Å². The SMILES string of the molecule is CC[N+](=C=[N+](C)C)CCN. The molecule has 0 aromatic carbocycles. The van der Waals surface area contributed by atoms with Crippen LogP contribution >= 0.6 is 0 Å². The summed E-state index contributed by atoms with van der Waals surface area (Å²) < 4.78 is 3.96. The van der Waals surface area contributed by atoms with E-state index in [4.69, 9.17) is 5.73 Å². The van der Waals surface area contributed by atoms with Crippen LogP contribution in [0.5, 0.6) is 0 Å². The van der Waals surface area contributed by atoms with Crippen molar-refractivity contribution in [2.75, 3.05) is 33.7 Å². The van der Waals surface area contributed by atoms with E-state index in [2.05, 4.69) is 17.5 Å². The first kappa shape index (κ1) is 9.34. The molecule has 58 valence electrons. The summed E-state index contributed by atoms with van der Waals surface area (Å²) in [5.41, 5.74) is 5.38. The zero-order valence-corrected chi connectivity index (χ0v) is 7.09. The van der Waals surface area contributed by atoms with Crippen molar-refractivity contribution < 1.29 is 9.15 Å². The molecule has 0 fully saturated rings. The largest absolute Gasteiger partial charge is 0.476 e. The molecule has 0 aliphatic rings. The smallest absolute Gasteiger partial charge is 0.325 e. The third kappa shape index (κ3) is 4.24. The van der Waals surface area contributed by atoms with Gasteiger partial charge in [-0.05, 0) is 6.92 Å². The minimum Gasteiger partial charge on any atom is -0.325 e.